The molecule has 1 aromatic carbocycles. The van der Waals surface area contributed by atoms with Crippen molar-refractivity contribution < 1.29 is 23.5 Å². The molecule has 0 N–H and O–H groups in total. The Morgan fingerprint density at radius 1 is 0.800 bits per heavy atom. The lowest BCUT2D eigenvalue weighted by Gasteiger charge is -2.07. The number of nitrogens with zero attached hydrogens (tertiary/aromatic N) is 4. The fourth-order valence-electron chi connectivity index (χ4n) is 2.15. The molecule has 0 aliphatic rings. The Morgan fingerprint density at radius 2 is 1.52 bits per heavy atom. The van der Waals surface area contributed by atoms with Gasteiger partial charge in [-0.2, -0.15) is 9.97 Å². The number of benzene rings is 1. The van der Waals surface area contributed by atoms with Gasteiger partial charge in [0.2, 0.25) is 11.6 Å². The van der Waals surface area contributed by atoms with Gasteiger partial charge >= 0.3 is 12.0 Å². The van der Waals surface area contributed by atoms with Gasteiger partial charge in [-0.25, -0.2) is 0 Å². The van der Waals surface area contributed by atoms with Crippen LogP contribution in [0.1, 0.15) is 0 Å². The molecular weight excluding hydrogens is 328 g/mol. The Hall–Kier alpha value is -3.36. The molecule has 9 heteroatoms. The predicted octanol–water partition coefficient (Wildman–Crippen LogP) is 2.23. The van der Waals surface area contributed by atoms with Crippen LogP contribution in [0.25, 0.3) is 22.8 Å². The van der Waals surface area contributed by atoms with E-state index in [1.165, 1.54) is 14.2 Å². The van der Waals surface area contributed by atoms with E-state index in [4.69, 9.17) is 23.5 Å². The van der Waals surface area contributed by atoms with E-state index >= 15 is 0 Å². The lowest BCUT2D eigenvalue weighted by Crippen LogP contribution is -2.00. The van der Waals surface area contributed by atoms with Gasteiger partial charge in [0.15, 0.2) is 0 Å². The van der Waals surface area contributed by atoms with Crippen molar-refractivity contribution >= 4 is 0 Å². The smallest absolute Gasteiger partial charge is 0.323 e. The Kier molecular flexibility index (Phi) is 4.64. The van der Waals surface area contributed by atoms with Gasteiger partial charge in [0.25, 0.3) is 0 Å². The van der Waals surface area contributed by atoms with Crippen LogP contribution in [-0.2, 0) is 0 Å². The van der Waals surface area contributed by atoms with Gasteiger partial charge in [0, 0.05) is 11.6 Å². The zero-order chi connectivity index (χ0) is 17.8. The number of hydrogen-bond acceptors (Lipinski definition) is 9. The summed E-state index contributed by atoms with van der Waals surface area (Å²) in [5.41, 5.74) is 1.26. The van der Waals surface area contributed by atoms with Gasteiger partial charge in [0.1, 0.15) is 17.2 Å². The Bertz CT molecular complexity index is 858. The predicted molar refractivity (Wildman–Crippen MR) is 87.0 cm³/mol. The first-order valence-electron chi connectivity index (χ1n) is 7.22. The van der Waals surface area contributed by atoms with Crippen molar-refractivity contribution in [2.45, 2.75) is 0 Å². The molecule has 0 fully saturated rings. The summed E-state index contributed by atoms with van der Waals surface area (Å²) in [6.45, 7) is 0. The molecule has 3 rings (SSSR count). The van der Waals surface area contributed by atoms with Crippen molar-refractivity contribution in [3.63, 3.8) is 0 Å². The highest BCUT2D eigenvalue weighted by Crippen LogP contribution is 2.34. The van der Waals surface area contributed by atoms with Crippen LogP contribution < -0.4 is 18.9 Å². The van der Waals surface area contributed by atoms with Crippen molar-refractivity contribution in [1.82, 2.24) is 20.1 Å². The molecule has 2 heterocycles. The van der Waals surface area contributed by atoms with Crippen molar-refractivity contribution in [2.75, 3.05) is 28.4 Å². The topological polar surface area (TPSA) is 102 Å². The van der Waals surface area contributed by atoms with Crippen molar-refractivity contribution in [2.24, 2.45) is 0 Å². The Labute approximate surface area is 143 Å². The van der Waals surface area contributed by atoms with E-state index in [1.807, 2.05) is 0 Å². The fraction of sp³-hybridized carbons (Fsp3) is 0.250. The molecular formula is C16H16N4O5. The summed E-state index contributed by atoms with van der Waals surface area (Å²) < 4.78 is 26.1. The van der Waals surface area contributed by atoms with Gasteiger partial charge in [0.05, 0.1) is 28.4 Å². The zero-order valence-electron chi connectivity index (χ0n) is 14.1. The van der Waals surface area contributed by atoms with E-state index in [9.17, 15) is 0 Å². The van der Waals surface area contributed by atoms with E-state index in [0.29, 0.717) is 28.5 Å². The molecule has 9 nitrogen and oxygen atoms in total. The second-order valence-corrected chi connectivity index (χ2v) is 4.78. The first-order chi connectivity index (χ1) is 12.2. The van der Waals surface area contributed by atoms with Crippen LogP contribution in [0.3, 0.4) is 0 Å². The largest absolute Gasteiger partial charge is 0.497 e. The van der Waals surface area contributed by atoms with Crippen LogP contribution in [0.2, 0.25) is 0 Å². The van der Waals surface area contributed by atoms with Gasteiger partial charge in [-0.05, 0) is 18.2 Å². The van der Waals surface area contributed by atoms with Crippen LogP contribution in [-0.4, -0.2) is 48.5 Å². The monoisotopic (exact) mass is 344 g/mol. The van der Waals surface area contributed by atoms with Gasteiger partial charge in [-0.1, -0.05) is 5.16 Å². The zero-order valence-corrected chi connectivity index (χ0v) is 14.1. The second-order valence-electron chi connectivity index (χ2n) is 4.78. The summed E-state index contributed by atoms with van der Waals surface area (Å²) in [6.07, 6.45) is 0. The molecule has 0 saturated carbocycles. The minimum atomic E-state index is 0.110. The third-order valence-electron chi connectivity index (χ3n) is 3.37. The van der Waals surface area contributed by atoms with Crippen molar-refractivity contribution in [3.8, 4) is 46.4 Å². The number of rotatable bonds is 6. The molecule has 0 saturated heterocycles. The molecule has 0 unspecified atom stereocenters. The second kappa shape index (κ2) is 7.04. The first kappa shape index (κ1) is 16.5. The summed E-state index contributed by atoms with van der Waals surface area (Å²) in [5.74, 6) is 1.87. The van der Waals surface area contributed by atoms with Gasteiger partial charge in [-0.3, -0.25) is 0 Å². The summed E-state index contributed by atoms with van der Waals surface area (Å²) >= 11 is 0. The average Bonchev–Trinajstić information content (AvgIpc) is 3.17. The number of methoxy groups -OCH3 is 4. The third kappa shape index (κ3) is 3.30. The van der Waals surface area contributed by atoms with E-state index in [1.54, 1.807) is 38.5 Å². The van der Waals surface area contributed by atoms with Gasteiger partial charge in [-0.15, -0.1) is 4.98 Å². The summed E-state index contributed by atoms with van der Waals surface area (Å²) in [7, 11) is 6.06. The first-order valence-corrected chi connectivity index (χ1v) is 7.22. The highest BCUT2D eigenvalue weighted by atomic mass is 16.5. The average molecular weight is 344 g/mol. The quantitative estimate of drug-likeness (QED) is 0.666. The summed E-state index contributed by atoms with van der Waals surface area (Å²) in [4.78, 5) is 12.2. The standard InChI is InChI=1S/C16H16N4O5/c1-21-9-5-6-12(22-2)10(7-9)11-8-13(25-20-11)14-17-15(23-3)19-16(18-14)24-4/h5-8H,1-4H3. The molecule has 25 heavy (non-hydrogen) atoms. The number of hydrogen-bond donors (Lipinski definition) is 0. The third-order valence-corrected chi connectivity index (χ3v) is 3.37. The molecule has 2 aromatic heterocycles. The highest BCUT2D eigenvalue weighted by molar-refractivity contribution is 5.71. The fourth-order valence-corrected chi connectivity index (χ4v) is 2.15. The molecule has 0 spiro atoms. The maximum Gasteiger partial charge on any atom is 0.323 e. The SMILES string of the molecule is COc1ccc(OC)c(-c2cc(-c3nc(OC)nc(OC)n3)on2)c1. The lowest BCUT2D eigenvalue weighted by atomic mass is 10.1. The van der Waals surface area contributed by atoms with Crippen LogP contribution >= 0.6 is 0 Å². The maximum atomic E-state index is 5.37. The molecule has 3 aromatic rings. The lowest BCUT2D eigenvalue weighted by molar-refractivity contribution is 0.339. The van der Waals surface area contributed by atoms with E-state index < -0.39 is 0 Å². The number of ether oxygens (including phenoxy) is 4. The minimum Gasteiger partial charge on any atom is -0.497 e. The highest BCUT2D eigenvalue weighted by Gasteiger charge is 2.17. The molecule has 130 valence electrons. The van der Waals surface area contributed by atoms with E-state index in [0.717, 1.165) is 0 Å². The van der Waals surface area contributed by atoms with Crippen LogP contribution in [0.4, 0.5) is 0 Å². The van der Waals surface area contributed by atoms with Crippen LogP contribution in [0.15, 0.2) is 28.8 Å². The molecule has 0 aliphatic carbocycles. The maximum absolute atomic E-state index is 5.37. The molecule has 0 radical (unpaired) electrons. The van der Waals surface area contributed by atoms with Crippen LogP contribution in [0.5, 0.6) is 23.5 Å². The van der Waals surface area contributed by atoms with E-state index in [2.05, 4.69) is 20.1 Å². The molecule has 0 bridgehead atoms. The number of aromatic nitrogens is 4. The van der Waals surface area contributed by atoms with Crippen LogP contribution in [0, 0.1) is 0 Å². The molecule has 0 aliphatic heterocycles. The Morgan fingerprint density at radius 3 is 2.12 bits per heavy atom. The summed E-state index contributed by atoms with van der Waals surface area (Å²) in [6, 6.07) is 7.29. The molecule has 0 amide bonds. The normalized spacial score (nSPS) is 10.4. The summed E-state index contributed by atoms with van der Waals surface area (Å²) in [5, 5.41) is 4.07. The molecule has 0 atom stereocenters. The van der Waals surface area contributed by atoms with E-state index in [-0.39, 0.29) is 17.8 Å². The van der Waals surface area contributed by atoms with Crippen molar-refractivity contribution in [3.05, 3.63) is 24.3 Å². The Balaban J connectivity index is 2.04. The van der Waals surface area contributed by atoms with Crippen molar-refractivity contribution in [1.29, 1.82) is 0 Å². The minimum absolute atomic E-state index is 0.110. The van der Waals surface area contributed by atoms with Gasteiger partial charge < -0.3 is 23.5 Å².